The smallest absolute Gasteiger partial charge is 0.305 e. The highest BCUT2D eigenvalue weighted by Crippen LogP contribution is 2.43. The topological polar surface area (TPSA) is 51.3 Å². The lowest BCUT2D eigenvalue weighted by Crippen LogP contribution is -2.39. The van der Waals surface area contributed by atoms with Crippen LogP contribution < -0.4 is 0 Å². The van der Waals surface area contributed by atoms with Crippen molar-refractivity contribution in [3.05, 3.63) is 33.4 Å². The second-order valence-corrected chi connectivity index (χ2v) is 6.37. The monoisotopic (exact) mass is 387 g/mol. The second kappa shape index (κ2) is 5.87. The van der Waals surface area contributed by atoms with Crippen LogP contribution in [-0.4, -0.2) is 17.6 Å². The first-order chi connectivity index (χ1) is 10.9. The molecule has 0 radical (unpaired) electrons. The molecule has 1 atom stereocenters. The second-order valence-electron chi connectivity index (χ2n) is 5.58. The Morgan fingerprint density at radius 2 is 2.22 bits per heavy atom. The molecule has 2 aromatic rings. The SMILES string of the molecule is CCCC1(OC(C)=O)OCCc2c1[nH]c1c(F)cc(F)c(Br)c21. The van der Waals surface area contributed by atoms with E-state index in [9.17, 15) is 13.6 Å². The maximum Gasteiger partial charge on any atom is 0.305 e. The average molecular weight is 388 g/mol. The Morgan fingerprint density at radius 1 is 1.48 bits per heavy atom. The Morgan fingerprint density at radius 3 is 2.87 bits per heavy atom. The van der Waals surface area contributed by atoms with Crippen LogP contribution in [0.3, 0.4) is 0 Å². The van der Waals surface area contributed by atoms with E-state index in [0.29, 0.717) is 42.5 Å². The molecule has 0 fully saturated rings. The summed E-state index contributed by atoms with van der Waals surface area (Å²) < 4.78 is 39.5. The number of carbonyl (C=O) groups is 1. The number of H-pyrrole nitrogens is 1. The molecule has 3 rings (SSSR count). The third-order valence-electron chi connectivity index (χ3n) is 3.98. The molecule has 4 nitrogen and oxygen atoms in total. The summed E-state index contributed by atoms with van der Waals surface area (Å²) in [4.78, 5) is 14.5. The van der Waals surface area contributed by atoms with Crippen molar-refractivity contribution in [2.75, 3.05) is 6.61 Å². The predicted molar refractivity (Wildman–Crippen MR) is 83.9 cm³/mol. The zero-order valence-electron chi connectivity index (χ0n) is 12.8. The summed E-state index contributed by atoms with van der Waals surface area (Å²) in [5.41, 5.74) is 1.38. The van der Waals surface area contributed by atoms with Gasteiger partial charge in [0.25, 0.3) is 5.79 Å². The highest BCUT2D eigenvalue weighted by Gasteiger charge is 2.43. The van der Waals surface area contributed by atoms with Crippen LogP contribution in [0.4, 0.5) is 8.78 Å². The molecular weight excluding hydrogens is 372 g/mol. The maximum atomic E-state index is 14.2. The van der Waals surface area contributed by atoms with Crippen molar-refractivity contribution in [1.82, 2.24) is 4.98 Å². The molecule has 0 saturated heterocycles. The van der Waals surface area contributed by atoms with Crippen LogP contribution in [-0.2, 0) is 26.5 Å². The quantitative estimate of drug-likeness (QED) is 0.630. The summed E-state index contributed by atoms with van der Waals surface area (Å²) >= 11 is 3.19. The van der Waals surface area contributed by atoms with E-state index >= 15 is 0 Å². The molecule has 0 saturated carbocycles. The number of benzene rings is 1. The Balaban J connectivity index is 2.30. The molecule has 1 unspecified atom stereocenters. The molecule has 1 aromatic heterocycles. The van der Waals surface area contributed by atoms with Crippen LogP contribution in [0.15, 0.2) is 10.5 Å². The summed E-state index contributed by atoms with van der Waals surface area (Å²) in [6.45, 7) is 3.54. The third kappa shape index (κ3) is 2.55. The van der Waals surface area contributed by atoms with Crippen LogP contribution in [0.5, 0.6) is 0 Å². The molecule has 0 amide bonds. The van der Waals surface area contributed by atoms with Gasteiger partial charge in [-0.2, -0.15) is 0 Å². The van der Waals surface area contributed by atoms with Gasteiger partial charge in [0.1, 0.15) is 11.6 Å². The van der Waals surface area contributed by atoms with Gasteiger partial charge in [-0.25, -0.2) is 8.78 Å². The van der Waals surface area contributed by atoms with Crippen molar-refractivity contribution in [2.24, 2.45) is 0 Å². The standard InChI is InChI=1S/C16H16BrF2NO3/c1-3-5-16(23-8(2)21)15-9(4-6-22-16)12-13(17)10(18)7-11(19)14(12)20-15/h7,20H,3-6H2,1-2H3. The molecule has 0 bridgehead atoms. The van der Waals surface area contributed by atoms with Crippen LogP contribution >= 0.6 is 15.9 Å². The van der Waals surface area contributed by atoms with Crippen molar-refractivity contribution in [3.63, 3.8) is 0 Å². The van der Waals surface area contributed by atoms with E-state index in [4.69, 9.17) is 9.47 Å². The molecule has 23 heavy (non-hydrogen) atoms. The normalized spacial score (nSPS) is 20.6. The van der Waals surface area contributed by atoms with Crippen molar-refractivity contribution < 1.29 is 23.0 Å². The number of esters is 1. The lowest BCUT2D eigenvalue weighted by atomic mass is 9.96. The van der Waals surface area contributed by atoms with Crippen molar-refractivity contribution in [3.8, 4) is 0 Å². The lowest BCUT2D eigenvalue weighted by Gasteiger charge is -2.36. The number of carbonyl (C=O) groups excluding carboxylic acids is 1. The molecule has 0 aliphatic carbocycles. The van der Waals surface area contributed by atoms with E-state index < -0.39 is 23.4 Å². The summed E-state index contributed by atoms with van der Waals surface area (Å²) in [6, 6.07) is 0.822. The number of rotatable bonds is 3. The van der Waals surface area contributed by atoms with Crippen molar-refractivity contribution >= 4 is 32.8 Å². The van der Waals surface area contributed by atoms with Gasteiger partial charge >= 0.3 is 5.97 Å². The third-order valence-corrected chi connectivity index (χ3v) is 4.76. The molecule has 1 aliphatic rings. The van der Waals surface area contributed by atoms with Gasteiger partial charge in [0.15, 0.2) is 0 Å². The van der Waals surface area contributed by atoms with E-state index in [2.05, 4.69) is 20.9 Å². The largest absolute Gasteiger partial charge is 0.427 e. The minimum absolute atomic E-state index is 0.182. The van der Waals surface area contributed by atoms with Gasteiger partial charge in [-0.05, 0) is 34.3 Å². The predicted octanol–water partition coefficient (Wildman–Crippen LogP) is 4.30. The first kappa shape index (κ1) is 16.4. The minimum Gasteiger partial charge on any atom is -0.427 e. The Bertz CT molecular complexity index is 789. The van der Waals surface area contributed by atoms with Crippen molar-refractivity contribution in [1.29, 1.82) is 0 Å². The van der Waals surface area contributed by atoms with Gasteiger partial charge in [0, 0.05) is 24.8 Å². The molecule has 1 N–H and O–H groups in total. The number of halogens is 3. The van der Waals surface area contributed by atoms with E-state index in [1.807, 2.05) is 6.92 Å². The van der Waals surface area contributed by atoms with Crippen LogP contribution in [0.25, 0.3) is 10.9 Å². The van der Waals surface area contributed by atoms with E-state index in [-0.39, 0.29) is 9.99 Å². The highest BCUT2D eigenvalue weighted by molar-refractivity contribution is 9.10. The molecule has 0 spiro atoms. The van der Waals surface area contributed by atoms with Gasteiger partial charge in [0.2, 0.25) is 0 Å². The van der Waals surface area contributed by atoms with E-state index in [1.54, 1.807) is 0 Å². The van der Waals surface area contributed by atoms with E-state index in [0.717, 1.165) is 6.07 Å². The minimum atomic E-state index is -1.28. The van der Waals surface area contributed by atoms with Gasteiger partial charge in [-0.15, -0.1) is 0 Å². The molecule has 124 valence electrons. The molecular formula is C16H16BrF2NO3. The first-order valence-electron chi connectivity index (χ1n) is 7.41. The Kier molecular flexibility index (Phi) is 4.18. The average Bonchev–Trinajstić information content (AvgIpc) is 2.86. The number of hydrogen-bond acceptors (Lipinski definition) is 3. The fourth-order valence-electron chi connectivity index (χ4n) is 3.18. The van der Waals surface area contributed by atoms with Gasteiger partial charge in [0.05, 0.1) is 22.3 Å². The lowest BCUT2D eigenvalue weighted by molar-refractivity contribution is -0.247. The zero-order chi connectivity index (χ0) is 16.8. The van der Waals surface area contributed by atoms with Crippen LogP contribution in [0.2, 0.25) is 0 Å². The Labute approximate surface area is 140 Å². The zero-order valence-corrected chi connectivity index (χ0v) is 14.4. The van der Waals surface area contributed by atoms with Crippen LogP contribution in [0.1, 0.15) is 37.9 Å². The first-order valence-corrected chi connectivity index (χ1v) is 8.21. The van der Waals surface area contributed by atoms with Gasteiger partial charge in [-0.1, -0.05) is 6.92 Å². The van der Waals surface area contributed by atoms with E-state index in [1.165, 1.54) is 6.92 Å². The Hall–Kier alpha value is -1.47. The summed E-state index contributed by atoms with van der Waals surface area (Å²) in [6.07, 6.45) is 1.60. The van der Waals surface area contributed by atoms with Gasteiger partial charge < -0.3 is 14.5 Å². The number of aromatic amines is 1. The highest BCUT2D eigenvalue weighted by atomic mass is 79.9. The number of nitrogens with one attached hydrogen (secondary N) is 1. The fraction of sp³-hybridized carbons (Fsp3) is 0.438. The van der Waals surface area contributed by atoms with Crippen LogP contribution in [0, 0.1) is 11.6 Å². The number of ether oxygens (including phenoxy) is 2. The molecule has 7 heteroatoms. The molecule has 1 aliphatic heterocycles. The summed E-state index contributed by atoms with van der Waals surface area (Å²) in [7, 11) is 0. The summed E-state index contributed by atoms with van der Waals surface area (Å²) in [5.74, 6) is -3.13. The molecule has 1 aromatic carbocycles. The maximum absolute atomic E-state index is 14.2. The number of aromatic nitrogens is 1. The molecule has 2 heterocycles. The summed E-state index contributed by atoms with van der Waals surface area (Å²) in [5, 5.41) is 0.438. The van der Waals surface area contributed by atoms with Crippen molar-refractivity contribution in [2.45, 2.75) is 38.9 Å². The number of fused-ring (bicyclic) bond motifs is 3. The number of hydrogen-bond donors (Lipinski definition) is 1. The van der Waals surface area contributed by atoms with Gasteiger partial charge in [-0.3, -0.25) is 4.79 Å². The fourth-order valence-corrected chi connectivity index (χ4v) is 3.73.